The van der Waals surface area contributed by atoms with E-state index in [2.05, 4.69) is 28.0 Å². The first-order valence-electron chi connectivity index (χ1n) is 11.9. The van der Waals surface area contributed by atoms with E-state index in [1.807, 2.05) is 97.2 Å². The molecule has 7 rings (SSSR count). The Morgan fingerprint density at radius 3 is 2.11 bits per heavy atom. The van der Waals surface area contributed by atoms with E-state index in [9.17, 15) is 9.90 Å². The monoisotopic (exact) mass is 506 g/mol. The van der Waals surface area contributed by atoms with Crippen LogP contribution < -0.4 is 9.80 Å². The van der Waals surface area contributed by atoms with Gasteiger partial charge in [-0.15, -0.1) is 0 Å². The number of benzene rings is 4. The molecule has 0 saturated carbocycles. The van der Waals surface area contributed by atoms with Gasteiger partial charge >= 0.3 is 0 Å². The number of aliphatic hydroxyl groups is 1. The summed E-state index contributed by atoms with van der Waals surface area (Å²) in [5, 5.41) is 12.3. The van der Waals surface area contributed by atoms with E-state index in [4.69, 9.17) is 0 Å². The Labute approximate surface area is 218 Å². The van der Waals surface area contributed by atoms with E-state index in [-0.39, 0.29) is 17.2 Å². The van der Waals surface area contributed by atoms with Gasteiger partial charge in [0, 0.05) is 21.6 Å². The summed E-state index contributed by atoms with van der Waals surface area (Å²) in [4.78, 5) is 19.1. The second kappa shape index (κ2) is 8.30. The van der Waals surface area contributed by atoms with Gasteiger partial charge in [0.15, 0.2) is 4.93 Å². The van der Waals surface area contributed by atoms with Crippen LogP contribution in [0.1, 0.15) is 15.9 Å². The second-order valence-corrected chi connectivity index (χ2v) is 11.5. The van der Waals surface area contributed by atoms with Gasteiger partial charge in [-0.3, -0.25) is 4.79 Å². The summed E-state index contributed by atoms with van der Waals surface area (Å²) in [6, 6.07) is 35.3. The lowest BCUT2D eigenvalue weighted by molar-refractivity contribution is 0.0959. The van der Waals surface area contributed by atoms with Gasteiger partial charge in [0.2, 0.25) is 5.78 Å². The van der Waals surface area contributed by atoms with Crippen molar-refractivity contribution >= 4 is 40.7 Å². The summed E-state index contributed by atoms with van der Waals surface area (Å²) < 4.78 is 0. The zero-order valence-corrected chi connectivity index (χ0v) is 20.8. The quantitative estimate of drug-likeness (QED) is 0.321. The molecule has 4 nitrogen and oxygen atoms in total. The molecule has 0 fully saturated rings. The highest BCUT2D eigenvalue weighted by Crippen LogP contribution is 2.60. The van der Waals surface area contributed by atoms with Crippen LogP contribution in [0.5, 0.6) is 0 Å². The highest BCUT2D eigenvalue weighted by molar-refractivity contribution is 8.01. The van der Waals surface area contributed by atoms with Crippen molar-refractivity contribution in [3.05, 3.63) is 132 Å². The number of ketones is 1. The zero-order chi connectivity index (χ0) is 24.3. The first kappa shape index (κ1) is 21.8. The number of thioether (sulfide) groups is 2. The zero-order valence-electron chi connectivity index (χ0n) is 19.2. The van der Waals surface area contributed by atoms with Crippen LogP contribution in [0.3, 0.4) is 0 Å². The summed E-state index contributed by atoms with van der Waals surface area (Å²) in [5.41, 5.74) is 4.11. The molecule has 0 aromatic heterocycles. The number of fused-ring (bicyclic) bond motifs is 7. The van der Waals surface area contributed by atoms with Gasteiger partial charge in [0.1, 0.15) is 17.1 Å². The lowest BCUT2D eigenvalue weighted by atomic mass is 9.94. The average molecular weight is 507 g/mol. The Morgan fingerprint density at radius 1 is 0.750 bits per heavy atom. The number of carbonyl (C=O) groups is 1. The van der Waals surface area contributed by atoms with E-state index >= 15 is 0 Å². The maximum atomic E-state index is 14.0. The predicted molar refractivity (Wildman–Crippen MR) is 146 cm³/mol. The Balaban J connectivity index is 1.48. The molecule has 3 aliphatic heterocycles. The number of hydrogen-bond donors (Lipinski definition) is 1. The number of carbonyl (C=O) groups excluding carboxylic acids is 1. The molecule has 4 aromatic rings. The molecule has 0 amide bonds. The number of anilines is 2. The topological polar surface area (TPSA) is 43.8 Å². The molecule has 3 heterocycles. The van der Waals surface area contributed by atoms with Gasteiger partial charge in [-0.05, 0) is 29.8 Å². The van der Waals surface area contributed by atoms with Crippen LogP contribution in [-0.2, 0) is 4.93 Å². The Hall–Kier alpha value is -3.45. The summed E-state index contributed by atoms with van der Waals surface area (Å²) in [6.07, 6.45) is 1.95. The second-order valence-electron chi connectivity index (χ2n) is 9.04. The third-order valence-corrected chi connectivity index (χ3v) is 9.65. The molecule has 6 heteroatoms. The van der Waals surface area contributed by atoms with Gasteiger partial charge in [0.25, 0.3) is 0 Å². The normalized spacial score (nSPS) is 23.8. The molecule has 176 valence electrons. The standard InChI is InChI=1S/C30H22N2O2S2/c33-27(20-11-3-1-4-12-20)24-19-31-22-15-7-10-18-26(22)36-30(34,21-13-5-2-6-14-21)28(31)29-32(24)23-16-8-9-17-25(23)35-29/h1-19,28-29,34H/t28-,29-,30+/m1/s1. The smallest absolute Gasteiger partial charge is 0.210 e. The number of Topliss-reactive ketones (excluding diaryl/α,β-unsaturated/α-hetero) is 1. The van der Waals surface area contributed by atoms with Crippen molar-refractivity contribution in [2.24, 2.45) is 0 Å². The van der Waals surface area contributed by atoms with Gasteiger partial charge in [0.05, 0.1) is 11.4 Å². The minimum atomic E-state index is -1.23. The van der Waals surface area contributed by atoms with Gasteiger partial charge in [-0.2, -0.15) is 0 Å². The molecule has 4 aromatic carbocycles. The molecule has 0 unspecified atom stereocenters. The molecule has 1 N–H and O–H groups in total. The van der Waals surface area contributed by atoms with E-state index in [1.165, 1.54) is 11.8 Å². The molecule has 3 aliphatic rings. The van der Waals surface area contributed by atoms with Gasteiger partial charge < -0.3 is 14.9 Å². The number of allylic oxidation sites excluding steroid dienone is 1. The maximum absolute atomic E-state index is 14.0. The lowest BCUT2D eigenvalue weighted by Crippen LogP contribution is -2.62. The van der Waals surface area contributed by atoms with E-state index in [0.29, 0.717) is 11.3 Å². The van der Waals surface area contributed by atoms with Crippen LogP contribution in [0.4, 0.5) is 11.4 Å². The lowest BCUT2D eigenvalue weighted by Gasteiger charge is -2.53. The van der Waals surface area contributed by atoms with E-state index < -0.39 is 4.93 Å². The SMILES string of the molecule is O=C(C1=CN2c3ccccc3S[C@@](O)(c3ccccc3)[C@H]2[C@H]2Sc3ccccc3N12)c1ccccc1. The molecule has 0 bridgehead atoms. The van der Waals surface area contributed by atoms with E-state index in [0.717, 1.165) is 26.7 Å². The largest absolute Gasteiger partial charge is 0.373 e. The van der Waals surface area contributed by atoms with Crippen molar-refractivity contribution in [3.63, 3.8) is 0 Å². The van der Waals surface area contributed by atoms with Crippen molar-refractivity contribution < 1.29 is 9.90 Å². The minimum absolute atomic E-state index is 0.0321. The fourth-order valence-corrected chi connectivity index (χ4v) is 8.32. The minimum Gasteiger partial charge on any atom is -0.373 e. The predicted octanol–water partition coefficient (Wildman–Crippen LogP) is 6.49. The van der Waals surface area contributed by atoms with Crippen LogP contribution in [0.15, 0.2) is 131 Å². The third-order valence-electron chi connectivity index (χ3n) is 6.98. The number of hydrogen-bond acceptors (Lipinski definition) is 6. The Kier molecular flexibility index (Phi) is 5.03. The van der Waals surface area contributed by atoms with Gasteiger partial charge in [-0.1, -0.05) is 108 Å². The van der Waals surface area contributed by atoms with Crippen LogP contribution in [0.2, 0.25) is 0 Å². The van der Waals surface area contributed by atoms with Crippen molar-refractivity contribution in [2.45, 2.75) is 26.1 Å². The summed E-state index contributed by atoms with van der Waals surface area (Å²) >= 11 is 3.20. The Bertz CT molecular complexity index is 1510. The van der Waals surface area contributed by atoms with Crippen molar-refractivity contribution in [1.82, 2.24) is 0 Å². The fourth-order valence-electron chi connectivity index (χ4n) is 5.36. The summed E-state index contributed by atoms with van der Waals surface area (Å²) in [6.45, 7) is 0. The molecular formula is C30H22N2O2S2. The highest BCUT2D eigenvalue weighted by Gasteiger charge is 2.57. The average Bonchev–Trinajstić information content (AvgIpc) is 3.32. The van der Waals surface area contributed by atoms with Crippen molar-refractivity contribution in [1.29, 1.82) is 0 Å². The molecule has 0 saturated heterocycles. The number of para-hydroxylation sites is 2. The molecule has 0 spiro atoms. The van der Waals surface area contributed by atoms with Crippen LogP contribution in [-0.4, -0.2) is 22.3 Å². The van der Waals surface area contributed by atoms with E-state index in [1.54, 1.807) is 11.8 Å². The molecule has 0 aliphatic carbocycles. The molecule has 36 heavy (non-hydrogen) atoms. The van der Waals surface area contributed by atoms with Gasteiger partial charge in [-0.25, -0.2) is 0 Å². The Morgan fingerprint density at radius 2 is 1.36 bits per heavy atom. The fraction of sp³-hybridized carbons (Fsp3) is 0.100. The molecule has 0 radical (unpaired) electrons. The first-order chi connectivity index (χ1) is 17.6. The third kappa shape index (κ3) is 3.18. The van der Waals surface area contributed by atoms with Crippen molar-refractivity contribution in [2.75, 3.05) is 9.80 Å². The van der Waals surface area contributed by atoms with Crippen LogP contribution >= 0.6 is 23.5 Å². The molecule has 3 atom stereocenters. The van der Waals surface area contributed by atoms with Crippen molar-refractivity contribution in [3.8, 4) is 0 Å². The first-order valence-corrected chi connectivity index (χ1v) is 13.6. The maximum Gasteiger partial charge on any atom is 0.210 e. The highest BCUT2D eigenvalue weighted by atomic mass is 32.2. The van der Waals surface area contributed by atoms with Crippen LogP contribution in [0, 0.1) is 0 Å². The summed E-state index contributed by atoms with van der Waals surface area (Å²) in [7, 11) is 0. The number of rotatable bonds is 3. The molecular weight excluding hydrogens is 484 g/mol. The van der Waals surface area contributed by atoms with Crippen LogP contribution in [0.25, 0.3) is 0 Å². The number of nitrogens with zero attached hydrogens (tertiary/aromatic N) is 2. The summed E-state index contributed by atoms with van der Waals surface area (Å²) in [5.74, 6) is -0.0321.